The molecule has 0 amide bonds. The largest absolute Gasteiger partial charge is 0.238 e. The van der Waals surface area contributed by atoms with Crippen LogP contribution in [0.5, 0.6) is 0 Å². The Kier molecular flexibility index (Phi) is 5.27. The molecule has 0 aliphatic carbocycles. The van der Waals surface area contributed by atoms with Gasteiger partial charge in [-0.1, -0.05) is 60.1 Å². The van der Waals surface area contributed by atoms with Gasteiger partial charge in [-0.15, -0.1) is 0 Å². The molecule has 1 unspecified atom stereocenters. The Morgan fingerprint density at radius 3 is 1.86 bits per heavy atom. The van der Waals surface area contributed by atoms with Crippen molar-refractivity contribution in [3.8, 4) is 0 Å². The first-order chi connectivity index (χ1) is 9.37. The molecule has 4 heteroatoms. The average Bonchev–Trinajstić information content (AvgIpc) is 2.34. The number of hydrogen-bond acceptors (Lipinski definition) is 2. The quantitative estimate of drug-likeness (QED) is 0.881. The predicted molar refractivity (Wildman–Crippen MR) is 88.7 cm³/mol. The molecule has 0 saturated heterocycles. The topological polar surface area (TPSA) is 60.2 Å². The van der Waals surface area contributed by atoms with E-state index in [4.69, 9.17) is 5.14 Å². The number of benzene rings is 1. The molecule has 0 radical (unpaired) electrons. The van der Waals surface area contributed by atoms with Gasteiger partial charge in [-0.25, -0.2) is 13.6 Å². The van der Waals surface area contributed by atoms with Crippen LogP contribution in [0.25, 0.3) is 0 Å². The average molecular weight is 311 g/mol. The van der Waals surface area contributed by atoms with Crippen molar-refractivity contribution in [3.05, 3.63) is 29.8 Å². The minimum absolute atomic E-state index is 0.163. The van der Waals surface area contributed by atoms with E-state index < -0.39 is 10.0 Å². The SMILES string of the molecule is CCC(C)(C)C(CC(C)(C)C)c1ccc(S(N)(=O)=O)cc1. The lowest BCUT2D eigenvalue weighted by atomic mass is 9.67. The summed E-state index contributed by atoms with van der Waals surface area (Å²) in [7, 11) is -3.62. The van der Waals surface area contributed by atoms with E-state index in [0.29, 0.717) is 5.92 Å². The van der Waals surface area contributed by atoms with Crippen LogP contribution in [0.4, 0.5) is 0 Å². The van der Waals surface area contributed by atoms with Crippen molar-refractivity contribution in [2.75, 3.05) is 0 Å². The Hall–Kier alpha value is -0.870. The Morgan fingerprint density at radius 1 is 1.05 bits per heavy atom. The molecule has 1 atom stereocenters. The second-order valence-corrected chi connectivity index (χ2v) is 9.33. The fourth-order valence-corrected chi connectivity index (χ4v) is 3.11. The van der Waals surface area contributed by atoms with E-state index in [9.17, 15) is 8.42 Å². The van der Waals surface area contributed by atoms with Gasteiger partial charge < -0.3 is 0 Å². The third-order valence-electron chi connectivity index (χ3n) is 4.28. The van der Waals surface area contributed by atoms with E-state index in [1.54, 1.807) is 12.1 Å². The molecule has 0 aliphatic rings. The van der Waals surface area contributed by atoms with Crippen LogP contribution in [0, 0.1) is 10.8 Å². The van der Waals surface area contributed by atoms with E-state index in [-0.39, 0.29) is 15.7 Å². The summed E-state index contributed by atoms with van der Waals surface area (Å²) in [4.78, 5) is 0.176. The summed E-state index contributed by atoms with van der Waals surface area (Å²) in [6, 6.07) is 7.05. The van der Waals surface area contributed by atoms with Crippen molar-refractivity contribution >= 4 is 10.0 Å². The van der Waals surface area contributed by atoms with E-state index in [1.165, 1.54) is 5.56 Å². The maximum absolute atomic E-state index is 11.4. The monoisotopic (exact) mass is 311 g/mol. The highest BCUT2D eigenvalue weighted by Gasteiger charge is 2.32. The Balaban J connectivity index is 3.21. The predicted octanol–water partition coefficient (Wildman–Crippen LogP) is 4.29. The van der Waals surface area contributed by atoms with Crippen LogP contribution in [0.3, 0.4) is 0 Å². The highest BCUT2D eigenvalue weighted by atomic mass is 32.2. The zero-order valence-corrected chi connectivity index (χ0v) is 14.9. The molecule has 2 N–H and O–H groups in total. The molecule has 0 aliphatic heterocycles. The van der Waals surface area contributed by atoms with Gasteiger partial charge in [0.15, 0.2) is 0 Å². The Bertz CT molecular complexity index is 566. The molecule has 1 aromatic rings. The highest BCUT2D eigenvalue weighted by Crippen LogP contribution is 2.45. The minimum Gasteiger partial charge on any atom is -0.225 e. The van der Waals surface area contributed by atoms with Crippen molar-refractivity contribution in [3.63, 3.8) is 0 Å². The maximum atomic E-state index is 11.4. The van der Waals surface area contributed by atoms with Crippen molar-refractivity contribution in [1.82, 2.24) is 0 Å². The van der Waals surface area contributed by atoms with Gasteiger partial charge in [0.05, 0.1) is 4.90 Å². The van der Waals surface area contributed by atoms with Gasteiger partial charge in [0.2, 0.25) is 10.0 Å². The van der Waals surface area contributed by atoms with Crippen LogP contribution in [-0.4, -0.2) is 8.42 Å². The van der Waals surface area contributed by atoms with Gasteiger partial charge in [-0.05, 0) is 40.9 Å². The zero-order valence-electron chi connectivity index (χ0n) is 14.1. The molecule has 1 rings (SSSR count). The second kappa shape index (κ2) is 6.09. The van der Waals surface area contributed by atoms with Gasteiger partial charge in [0, 0.05) is 0 Å². The van der Waals surface area contributed by atoms with Crippen molar-refractivity contribution in [2.24, 2.45) is 16.0 Å². The van der Waals surface area contributed by atoms with E-state index in [2.05, 4.69) is 41.5 Å². The van der Waals surface area contributed by atoms with Crippen molar-refractivity contribution in [1.29, 1.82) is 0 Å². The maximum Gasteiger partial charge on any atom is 0.238 e. The van der Waals surface area contributed by atoms with Crippen LogP contribution in [0.1, 0.15) is 65.9 Å². The van der Waals surface area contributed by atoms with Crippen molar-refractivity contribution < 1.29 is 8.42 Å². The van der Waals surface area contributed by atoms with Gasteiger partial charge in [0.1, 0.15) is 0 Å². The molecule has 3 nitrogen and oxygen atoms in total. The lowest BCUT2D eigenvalue weighted by Crippen LogP contribution is -2.26. The summed E-state index contributed by atoms with van der Waals surface area (Å²) < 4.78 is 22.7. The molecule has 1 aromatic carbocycles. The minimum atomic E-state index is -3.62. The van der Waals surface area contributed by atoms with E-state index in [1.807, 2.05) is 12.1 Å². The number of hydrogen-bond donors (Lipinski definition) is 1. The summed E-state index contributed by atoms with van der Waals surface area (Å²) in [6.45, 7) is 13.5. The third-order valence-corrected chi connectivity index (χ3v) is 5.21. The molecule has 0 bridgehead atoms. The summed E-state index contributed by atoms with van der Waals surface area (Å²) in [6.07, 6.45) is 2.13. The fraction of sp³-hybridized carbons (Fsp3) is 0.647. The lowest BCUT2D eigenvalue weighted by Gasteiger charge is -2.38. The number of sulfonamides is 1. The number of primary sulfonamides is 1. The lowest BCUT2D eigenvalue weighted by molar-refractivity contribution is 0.203. The molecular formula is C17H29NO2S. The molecule has 21 heavy (non-hydrogen) atoms. The molecule has 0 saturated carbocycles. The van der Waals surface area contributed by atoms with Crippen LogP contribution in [0.2, 0.25) is 0 Å². The van der Waals surface area contributed by atoms with Crippen LogP contribution >= 0.6 is 0 Å². The molecule has 0 heterocycles. The van der Waals surface area contributed by atoms with Gasteiger partial charge in [-0.3, -0.25) is 0 Å². The van der Waals surface area contributed by atoms with Gasteiger partial charge in [0.25, 0.3) is 0 Å². The van der Waals surface area contributed by atoms with E-state index >= 15 is 0 Å². The van der Waals surface area contributed by atoms with Gasteiger partial charge >= 0.3 is 0 Å². The molecule has 0 spiro atoms. The van der Waals surface area contributed by atoms with Gasteiger partial charge in [-0.2, -0.15) is 0 Å². The van der Waals surface area contributed by atoms with Crippen LogP contribution < -0.4 is 5.14 Å². The number of nitrogens with two attached hydrogens (primary N) is 1. The summed E-state index contributed by atoms with van der Waals surface area (Å²) in [5, 5.41) is 5.17. The van der Waals surface area contributed by atoms with E-state index in [0.717, 1.165) is 12.8 Å². The van der Waals surface area contributed by atoms with Crippen molar-refractivity contribution in [2.45, 2.75) is 65.2 Å². The first kappa shape index (κ1) is 18.2. The molecule has 0 aromatic heterocycles. The standard InChI is InChI=1S/C17H29NO2S/c1-7-17(5,6)15(12-16(2,3)4)13-8-10-14(11-9-13)21(18,19)20/h8-11,15H,7,12H2,1-6H3,(H2,18,19,20). The molecule has 0 fully saturated rings. The summed E-state index contributed by atoms with van der Waals surface area (Å²) in [5.74, 6) is 0.386. The Morgan fingerprint density at radius 2 is 1.52 bits per heavy atom. The first-order valence-electron chi connectivity index (χ1n) is 7.49. The summed E-state index contributed by atoms with van der Waals surface area (Å²) in [5.41, 5.74) is 1.57. The highest BCUT2D eigenvalue weighted by molar-refractivity contribution is 7.89. The summed E-state index contributed by atoms with van der Waals surface area (Å²) >= 11 is 0. The zero-order chi connectivity index (χ0) is 16.5. The smallest absolute Gasteiger partial charge is 0.225 e. The fourth-order valence-electron chi connectivity index (χ4n) is 2.59. The molecule has 120 valence electrons. The Labute approximate surface area is 130 Å². The first-order valence-corrected chi connectivity index (χ1v) is 9.04. The second-order valence-electron chi connectivity index (χ2n) is 7.77. The molecular weight excluding hydrogens is 282 g/mol. The number of rotatable bonds is 5. The normalized spacial score (nSPS) is 15.0. The third kappa shape index (κ3) is 5.11. The van der Waals surface area contributed by atoms with Crippen LogP contribution in [0.15, 0.2) is 29.2 Å². The van der Waals surface area contributed by atoms with Crippen LogP contribution in [-0.2, 0) is 10.0 Å².